The van der Waals surface area contributed by atoms with Crippen molar-refractivity contribution in [1.29, 1.82) is 0 Å². The molecule has 2 fully saturated rings. The molecule has 2 heterocycles. The number of benzene rings is 2. The maximum absolute atomic E-state index is 14.6. The number of likely N-dealkylation sites (tertiary alicyclic amines) is 2. The molecular weight excluding hydrogens is 315 g/mol. The third kappa shape index (κ3) is 2.85. The largest absolute Gasteiger partial charge is 0.341 e. The van der Waals surface area contributed by atoms with Crippen LogP contribution in [0.25, 0.3) is 11.1 Å². The molecule has 0 radical (unpaired) electrons. The van der Waals surface area contributed by atoms with Crippen molar-refractivity contribution in [3.05, 3.63) is 59.9 Å². The smallest absolute Gasteiger partial charge is 0.229 e. The Morgan fingerprint density at radius 3 is 2.36 bits per heavy atom. The number of hydrogen-bond donors (Lipinski definition) is 0. The summed E-state index contributed by atoms with van der Waals surface area (Å²) >= 11 is 0. The molecular formula is C21H23FN2O. The molecule has 1 atom stereocenters. The Kier molecular flexibility index (Phi) is 3.88. The van der Waals surface area contributed by atoms with Gasteiger partial charge in [0, 0.05) is 37.2 Å². The van der Waals surface area contributed by atoms with E-state index in [1.54, 1.807) is 6.07 Å². The van der Waals surface area contributed by atoms with Crippen LogP contribution in [-0.2, 0) is 4.79 Å². The van der Waals surface area contributed by atoms with Crippen LogP contribution in [0.15, 0.2) is 48.5 Å². The number of amides is 1. The average Bonchev–Trinajstić information content (AvgIpc) is 2.56. The first kappa shape index (κ1) is 16.3. The molecule has 0 aromatic heterocycles. The van der Waals surface area contributed by atoms with Crippen molar-refractivity contribution in [2.24, 2.45) is 5.41 Å². The lowest BCUT2D eigenvalue weighted by Crippen LogP contribution is -2.72. The maximum Gasteiger partial charge on any atom is 0.229 e. The summed E-state index contributed by atoms with van der Waals surface area (Å²) in [5.41, 5.74) is 2.49. The predicted octanol–water partition coefficient (Wildman–Crippen LogP) is 3.37. The molecule has 2 aromatic carbocycles. The van der Waals surface area contributed by atoms with E-state index in [1.165, 1.54) is 6.07 Å². The van der Waals surface area contributed by atoms with Crippen molar-refractivity contribution in [1.82, 2.24) is 9.80 Å². The fourth-order valence-electron chi connectivity index (χ4n) is 4.29. The Bertz CT molecular complexity index is 791. The van der Waals surface area contributed by atoms with Gasteiger partial charge in [0.05, 0.1) is 5.92 Å². The molecule has 0 aliphatic carbocycles. The number of hydrogen-bond acceptors (Lipinski definition) is 2. The first-order valence-electron chi connectivity index (χ1n) is 8.80. The fraction of sp³-hybridized carbons (Fsp3) is 0.381. The molecule has 0 N–H and O–H groups in total. The third-order valence-corrected chi connectivity index (χ3v) is 5.52. The van der Waals surface area contributed by atoms with Crippen molar-refractivity contribution in [2.45, 2.75) is 12.8 Å². The van der Waals surface area contributed by atoms with Crippen LogP contribution in [0.2, 0.25) is 0 Å². The highest BCUT2D eigenvalue weighted by atomic mass is 19.1. The molecule has 4 rings (SSSR count). The van der Waals surface area contributed by atoms with E-state index in [4.69, 9.17) is 0 Å². The van der Waals surface area contributed by atoms with Gasteiger partial charge in [-0.3, -0.25) is 4.79 Å². The lowest BCUT2D eigenvalue weighted by molar-refractivity contribution is -0.157. The fourth-order valence-corrected chi connectivity index (χ4v) is 4.29. The van der Waals surface area contributed by atoms with Gasteiger partial charge in [-0.1, -0.05) is 42.5 Å². The second-order valence-electron chi connectivity index (χ2n) is 7.69. The van der Waals surface area contributed by atoms with Gasteiger partial charge >= 0.3 is 0 Å². The lowest BCUT2D eigenvalue weighted by atomic mass is 9.72. The summed E-state index contributed by atoms with van der Waals surface area (Å²) in [5.74, 6) is -0.481. The van der Waals surface area contributed by atoms with E-state index in [0.29, 0.717) is 11.0 Å². The summed E-state index contributed by atoms with van der Waals surface area (Å²) in [4.78, 5) is 16.9. The zero-order valence-electron chi connectivity index (χ0n) is 14.7. The Hall–Kier alpha value is -2.20. The topological polar surface area (TPSA) is 23.6 Å². The van der Waals surface area contributed by atoms with E-state index in [-0.39, 0.29) is 17.6 Å². The van der Waals surface area contributed by atoms with Gasteiger partial charge in [-0.05, 0) is 31.2 Å². The van der Waals surface area contributed by atoms with Crippen LogP contribution in [0.4, 0.5) is 4.39 Å². The molecule has 2 saturated heterocycles. The second kappa shape index (κ2) is 5.95. The third-order valence-electron chi connectivity index (χ3n) is 5.52. The van der Waals surface area contributed by atoms with Crippen LogP contribution >= 0.6 is 0 Å². The Morgan fingerprint density at radius 1 is 1.08 bits per heavy atom. The Balaban J connectivity index is 1.46. The van der Waals surface area contributed by atoms with Gasteiger partial charge < -0.3 is 9.80 Å². The van der Waals surface area contributed by atoms with Crippen LogP contribution < -0.4 is 0 Å². The summed E-state index contributed by atoms with van der Waals surface area (Å²) in [6, 6.07) is 14.7. The zero-order valence-corrected chi connectivity index (χ0v) is 14.7. The van der Waals surface area contributed by atoms with Gasteiger partial charge in [-0.2, -0.15) is 0 Å². The van der Waals surface area contributed by atoms with Crippen molar-refractivity contribution in [3.63, 3.8) is 0 Å². The number of carbonyl (C=O) groups excluding carboxylic acids is 1. The first-order chi connectivity index (χ1) is 12.0. The highest BCUT2D eigenvalue weighted by molar-refractivity contribution is 5.84. The minimum Gasteiger partial charge on any atom is -0.341 e. The molecule has 0 bridgehead atoms. The molecule has 2 aliphatic heterocycles. The highest BCUT2D eigenvalue weighted by Crippen LogP contribution is 2.40. The number of halogens is 1. The molecule has 1 spiro atoms. The van der Waals surface area contributed by atoms with E-state index in [2.05, 4.69) is 11.9 Å². The van der Waals surface area contributed by atoms with Gasteiger partial charge in [0.25, 0.3) is 0 Å². The zero-order chi connectivity index (χ0) is 17.6. The van der Waals surface area contributed by atoms with Gasteiger partial charge in [-0.15, -0.1) is 0 Å². The molecule has 1 amide bonds. The molecule has 0 saturated carbocycles. The molecule has 2 aliphatic rings. The van der Waals surface area contributed by atoms with Crippen molar-refractivity contribution >= 4 is 5.91 Å². The summed E-state index contributed by atoms with van der Waals surface area (Å²) in [5, 5.41) is 0. The minimum atomic E-state index is -0.311. The molecule has 4 heteroatoms. The van der Waals surface area contributed by atoms with E-state index in [9.17, 15) is 9.18 Å². The minimum absolute atomic E-state index is 0.104. The molecule has 3 nitrogen and oxygen atoms in total. The molecule has 1 unspecified atom stereocenters. The summed E-state index contributed by atoms with van der Waals surface area (Å²) in [6.07, 6.45) is 0. The molecule has 2 aromatic rings. The van der Waals surface area contributed by atoms with Crippen molar-refractivity contribution in [2.75, 3.05) is 33.2 Å². The van der Waals surface area contributed by atoms with E-state index in [1.807, 2.05) is 48.2 Å². The van der Waals surface area contributed by atoms with Gasteiger partial charge in [0.15, 0.2) is 0 Å². The van der Waals surface area contributed by atoms with E-state index >= 15 is 0 Å². The van der Waals surface area contributed by atoms with Gasteiger partial charge in [0.2, 0.25) is 5.91 Å². The average molecular weight is 338 g/mol. The lowest BCUT2D eigenvalue weighted by Gasteiger charge is -2.59. The normalized spacial score (nSPS) is 20.0. The van der Waals surface area contributed by atoms with E-state index in [0.717, 1.165) is 37.3 Å². The Labute approximate surface area is 148 Å². The molecule has 25 heavy (non-hydrogen) atoms. The van der Waals surface area contributed by atoms with Crippen LogP contribution in [0.3, 0.4) is 0 Å². The standard InChI is InChI=1S/C21H23FN2O/c1-15(20(25)24-13-21(14-24)11-23(2)12-21)17-8-9-18(19(22)10-17)16-6-4-3-5-7-16/h3-10,15H,11-14H2,1-2H3. The van der Waals surface area contributed by atoms with Gasteiger partial charge in [0.1, 0.15) is 5.82 Å². The quantitative estimate of drug-likeness (QED) is 0.857. The van der Waals surface area contributed by atoms with Crippen LogP contribution in [0.5, 0.6) is 0 Å². The van der Waals surface area contributed by atoms with Gasteiger partial charge in [-0.25, -0.2) is 4.39 Å². The number of nitrogens with zero attached hydrogens (tertiary/aromatic N) is 2. The second-order valence-corrected chi connectivity index (χ2v) is 7.69. The number of carbonyl (C=O) groups is 1. The molecule has 130 valence electrons. The Morgan fingerprint density at radius 2 is 1.76 bits per heavy atom. The monoisotopic (exact) mass is 338 g/mol. The first-order valence-corrected chi connectivity index (χ1v) is 8.80. The summed E-state index contributed by atoms with van der Waals surface area (Å²) in [6.45, 7) is 5.70. The van der Waals surface area contributed by atoms with Crippen LogP contribution in [0, 0.1) is 11.2 Å². The van der Waals surface area contributed by atoms with Crippen molar-refractivity contribution < 1.29 is 9.18 Å². The summed E-state index contributed by atoms with van der Waals surface area (Å²) < 4.78 is 14.6. The number of rotatable bonds is 3. The maximum atomic E-state index is 14.6. The van der Waals surface area contributed by atoms with Crippen molar-refractivity contribution in [3.8, 4) is 11.1 Å². The van der Waals surface area contributed by atoms with Crippen LogP contribution in [0.1, 0.15) is 18.4 Å². The predicted molar refractivity (Wildman–Crippen MR) is 96.8 cm³/mol. The highest BCUT2D eigenvalue weighted by Gasteiger charge is 2.52. The van der Waals surface area contributed by atoms with Crippen LogP contribution in [-0.4, -0.2) is 48.9 Å². The SMILES string of the molecule is CC(C(=O)N1CC2(CN(C)C2)C1)c1ccc(-c2ccccc2)c(F)c1. The summed E-state index contributed by atoms with van der Waals surface area (Å²) in [7, 11) is 2.11. The van der Waals surface area contributed by atoms with E-state index < -0.39 is 0 Å².